The van der Waals surface area contributed by atoms with Crippen molar-refractivity contribution in [1.29, 1.82) is 0 Å². The Balaban J connectivity index is 1.90. The van der Waals surface area contributed by atoms with Gasteiger partial charge in [0.25, 0.3) is 0 Å². The molecule has 2 aromatic carbocycles. The molecule has 1 amide bonds. The Morgan fingerprint density at radius 3 is 2.38 bits per heavy atom. The fourth-order valence-corrected chi connectivity index (χ4v) is 3.53. The number of hydrogen-bond donors (Lipinski definition) is 2. The van der Waals surface area contributed by atoms with Crippen LogP contribution in [-0.4, -0.2) is 42.5 Å². The molecule has 0 spiro atoms. The standard InChI is InChI=1S/C19H20ClNO4S/c20-16-8-6-15(7-9-16)19(14-4-2-1-3-5-14)26-13-17(22)21-10-11-25-12-18(23)24/h1-9,19H,10-13H2,(H,21,22)(H,23,24). The number of halogens is 1. The Kier molecular flexibility index (Phi) is 8.47. The third-order valence-corrected chi connectivity index (χ3v) is 5.01. The summed E-state index contributed by atoms with van der Waals surface area (Å²) in [5.74, 6) is -0.870. The van der Waals surface area contributed by atoms with Crippen molar-refractivity contribution in [2.24, 2.45) is 0 Å². The molecule has 0 fully saturated rings. The lowest BCUT2D eigenvalue weighted by Gasteiger charge is -2.18. The molecule has 7 heteroatoms. The van der Waals surface area contributed by atoms with Crippen LogP contribution in [-0.2, 0) is 14.3 Å². The molecule has 0 aromatic heterocycles. The summed E-state index contributed by atoms with van der Waals surface area (Å²) in [5.41, 5.74) is 2.18. The van der Waals surface area contributed by atoms with Crippen LogP contribution in [0.2, 0.25) is 5.02 Å². The number of aliphatic carboxylic acids is 1. The second kappa shape index (κ2) is 10.9. The lowest BCUT2D eigenvalue weighted by Crippen LogP contribution is -2.29. The number of carboxylic acid groups (broad SMARTS) is 1. The molecule has 1 atom stereocenters. The zero-order chi connectivity index (χ0) is 18.8. The van der Waals surface area contributed by atoms with Gasteiger partial charge in [-0.3, -0.25) is 4.79 Å². The lowest BCUT2D eigenvalue weighted by molar-refractivity contribution is -0.142. The van der Waals surface area contributed by atoms with Crippen LogP contribution in [0.1, 0.15) is 16.4 Å². The number of hydrogen-bond acceptors (Lipinski definition) is 4. The first-order valence-corrected chi connectivity index (χ1v) is 9.47. The zero-order valence-corrected chi connectivity index (χ0v) is 15.6. The van der Waals surface area contributed by atoms with Crippen LogP contribution < -0.4 is 5.32 Å². The third-order valence-electron chi connectivity index (χ3n) is 3.45. The van der Waals surface area contributed by atoms with Gasteiger partial charge in [-0.1, -0.05) is 54.1 Å². The van der Waals surface area contributed by atoms with Gasteiger partial charge in [0.15, 0.2) is 0 Å². The van der Waals surface area contributed by atoms with Gasteiger partial charge in [0, 0.05) is 11.6 Å². The van der Waals surface area contributed by atoms with E-state index in [1.165, 1.54) is 11.8 Å². The molecule has 0 aliphatic heterocycles. The maximum atomic E-state index is 12.0. The van der Waals surface area contributed by atoms with E-state index in [0.717, 1.165) is 11.1 Å². The normalized spacial score (nSPS) is 11.7. The molecule has 0 bridgehead atoms. The Bertz CT molecular complexity index is 709. The summed E-state index contributed by atoms with van der Waals surface area (Å²) in [6.07, 6.45) is 0. The average molecular weight is 394 g/mol. The number of carbonyl (C=O) groups excluding carboxylic acids is 1. The SMILES string of the molecule is O=C(O)COCCNC(=O)CSC(c1ccccc1)c1ccc(Cl)cc1. The van der Waals surface area contributed by atoms with Crippen molar-refractivity contribution < 1.29 is 19.4 Å². The predicted molar refractivity (Wildman–Crippen MR) is 104 cm³/mol. The number of carboxylic acids is 1. The molecule has 2 rings (SSSR count). The van der Waals surface area contributed by atoms with Crippen molar-refractivity contribution in [2.75, 3.05) is 25.5 Å². The van der Waals surface area contributed by atoms with Gasteiger partial charge >= 0.3 is 5.97 Å². The van der Waals surface area contributed by atoms with E-state index in [4.69, 9.17) is 21.4 Å². The Morgan fingerprint density at radius 1 is 1.08 bits per heavy atom. The van der Waals surface area contributed by atoms with Crippen molar-refractivity contribution in [1.82, 2.24) is 5.32 Å². The Hall–Kier alpha value is -2.02. The summed E-state index contributed by atoms with van der Waals surface area (Å²) in [5, 5.41) is 11.9. The number of benzene rings is 2. The molecule has 0 saturated carbocycles. The van der Waals surface area contributed by atoms with E-state index in [-0.39, 0.29) is 36.7 Å². The topological polar surface area (TPSA) is 75.6 Å². The lowest BCUT2D eigenvalue weighted by atomic mass is 10.0. The van der Waals surface area contributed by atoms with Crippen LogP contribution in [0.3, 0.4) is 0 Å². The molecule has 138 valence electrons. The maximum absolute atomic E-state index is 12.0. The van der Waals surface area contributed by atoms with Crippen LogP contribution in [0.25, 0.3) is 0 Å². The molecule has 0 aliphatic carbocycles. The minimum atomic E-state index is -1.03. The zero-order valence-electron chi connectivity index (χ0n) is 14.1. The molecule has 26 heavy (non-hydrogen) atoms. The molecule has 2 aromatic rings. The highest BCUT2D eigenvalue weighted by atomic mass is 35.5. The van der Waals surface area contributed by atoms with Gasteiger partial charge in [0.2, 0.25) is 5.91 Å². The van der Waals surface area contributed by atoms with Crippen molar-refractivity contribution in [2.45, 2.75) is 5.25 Å². The predicted octanol–water partition coefficient (Wildman–Crippen LogP) is 3.38. The highest BCUT2D eigenvalue weighted by Gasteiger charge is 2.16. The van der Waals surface area contributed by atoms with Crippen molar-refractivity contribution in [3.63, 3.8) is 0 Å². The van der Waals surface area contributed by atoms with Gasteiger partial charge in [0.05, 0.1) is 17.6 Å². The maximum Gasteiger partial charge on any atom is 0.329 e. The van der Waals surface area contributed by atoms with Crippen LogP contribution in [0, 0.1) is 0 Å². The molecule has 1 unspecified atom stereocenters. The summed E-state index contributed by atoms with van der Waals surface area (Å²) in [6, 6.07) is 17.6. The fraction of sp³-hybridized carbons (Fsp3) is 0.263. The van der Waals surface area contributed by atoms with Crippen molar-refractivity contribution >= 4 is 35.2 Å². The molecule has 0 aliphatic rings. The number of rotatable bonds is 10. The smallest absolute Gasteiger partial charge is 0.329 e. The minimum absolute atomic E-state index is 0.0162. The molecular formula is C19H20ClNO4S. The first-order valence-electron chi connectivity index (χ1n) is 8.04. The number of ether oxygens (including phenoxy) is 1. The van der Waals surface area contributed by atoms with Gasteiger partial charge in [-0.2, -0.15) is 0 Å². The van der Waals surface area contributed by atoms with E-state index in [1.54, 1.807) is 0 Å². The van der Waals surface area contributed by atoms with E-state index in [1.807, 2.05) is 54.6 Å². The fourth-order valence-electron chi connectivity index (χ4n) is 2.28. The number of amides is 1. The molecular weight excluding hydrogens is 374 g/mol. The number of carbonyl (C=O) groups is 2. The van der Waals surface area contributed by atoms with Gasteiger partial charge < -0.3 is 15.2 Å². The quantitative estimate of drug-likeness (QED) is 0.605. The van der Waals surface area contributed by atoms with E-state index in [0.29, 0.717) is 5.02 Å². The minimum Gasteiger partial charge on any atom is -0.480 e. The Labute approximate surface area is 161 Å². The van der Waals surface area contributed by atoms with E-state index < -0.39 is 5.97 Å². The van der Waals surface area contributed by atoms with Crippen molar-refractivity contribution in [3.8, 4) is 0 Å². The van der Waals surface area contributed by atoms with Crippen LogP contribution >= 0.6 is 23.4 Å². The summed E-state index contributed by atoms with van der Waals surface area (Å²) < 4.78 is 4.89. The van der Waals surface area contributed by atoms with Crippen LogP contribution in [0.15, 0.2) is 54.6 Å². The van der Waals surface area contributed by atoms with E-state index in [9.17, 15) is 9.59 Å². The molecule has 0 radical (unpaired) electrons. The van der Waals surface area contributed by atoms with Crippen LogP contribution in [0.4, 0.5) is 0 Å². The van der Waals surface area contributed by atoms with Crippen LogP contribution in [0.5, 0.6) is 0 Å². The number of thioether (sulfide) groups is 1. The van der Waals surface area contributed by atoms with Crippen molar-refractivity contribution in [3.05, 3.63) is 70.7 Å². The highest BCUT2D eigenvalue weighted by Crippen LogP contribution is 2.35. The van der Waals surface area contributed by atoms with E-state index in [2.05, 4.69) is 5.32 Å². The second-order valence-electron chi connectivity index (χ2n) is 5.45. The summed E-state index contributed by atoms with van der Waals surface area (Å²) >= 11 is 7.49. The van der Waals surface area contributed by atoms with E-state index >= 15 is 0 Å². The largest absolute Gasteiger partial charge is 0.480 e. The summed E-state index contributed by atoms with van der Waals surface area (Å²) in [7, 11) is 0. The first kappa shape index (κ1) is 20.3. The van der Waals surface area contributed by atoms with Gasteiger partial charge in [0.1, 0.15) is 6.61 Å². The second-order valence-corrected chi connectivity index (χ2v) is 6.98. The third kappa shape index (κ3) is 7.07. The van der Waals surface area contributed by atoms with Gasteiger partial charge in [-0.25, -0.2) is 4.79 Å². The molecule has 2 N–H and O–H groups in total. The molecule has 0 heterocycles. The molecule has 5 nitrogen and oxygen atoms in total. The van der Waals surface area contributed by atoms with Gasteiger partial charge in [-0.15, -0.1) is 11.8 Å². The molecule has 0 saturated heterocycles. The summed E-state index contributed by atoms with van der Waals surface area (Å²) in [6.45, 7) is 0.0862. The number of nitrogens with one attached hydrogen (secondary N) is 1. The first-order chi connectivity index (χ1) is 12.6. The highest BCUT2D eigenvalue weighted by molar-refractivity contribution is 8.00. The summed E-state index contributed by atoms with van der Waals surface area (Å²) in [4.78, 5) is 22.4. The Morgan fingerprint density at radius 2 is 1.73 bits per heavy atom. The van der Waals surface area contributed by atoms with Gasteiger partial charge in [-0.05, 0) is 23.3 Å². The average Bonchev–Trinajstić information content (AvgIpc) is 2.63. The monoisotopic (exact) mass is 393 g/mol.